The summed E-state index contributed by atoms with van der Waals surface area (Å²) in [7, 11) is 0. The number of benzene rings is 2. The van der Waals surface area contributed by atoms with E-state index in [1.54, 1.807) is 10.9 Å². The average molecular weight is 436 g/mol. The lowest BCUT2D eigenvalue weighted by molar-refractivity contribution is 0.883. The third-order valence-electron chi connectivity index (χ3n) is 4.74. The number of nitrogens with zero attached hydrogens (tertiary/aromatic N) is 3. The second-order valence-electron chi connectivity index (χ2n) is 7.34. The summed E-state index contributed by atoms with van der Waals surface area (Å²) < 4.78 is 2.19. The van der Waals surface area contributed by atoms with Gasteiger partial charge >= 0.3 is 0 Å². The molecule has 3 aromatic heterocycles. The van der Waals surface area contributed by atoms with Crippen LogP contribution in [0.15, 0.2) is 59.7 Å². The van der Waals surface area contributed by atoms with Crippen LogP contribution in [0.5, 0.6) is 0 Å². The SMILES string of the molecule is CC(C)Nc1nc2ccc(-n3cnc4cc(-c5ccc(Cl)cc5)sc4c3=O)cc2[nH]1. The summed E-state index contributed by atoms with van der Waals surface area (Å²) in [5, 5.41) is 3.94. The van der Waals surface area contributed by atoms with Crippen molar-refractivity contribution in [3.8, 4) is 16.1 Å². The molecule has 0 fully saturated rings. The predicted octanol–water partition coefficient (Wildman–Crippen LogP) is 5.46. The number of H-pyrrole nitrogens is 1. The van der Waals surface area contributed by atoms with E-state index in [2.05, 4.69) is 34.1 Å². The Bertz CT molecular complexity index is 1430. The van der Waals surface area contributed by atoms with E-state index in [-0.39, 0.29) is 11.6 Å². The maximum Gasteiger partial charge on any atom is 0.275 e. The molecule has 0 amide bonds. The molecule has 0 saturated heterocycles. The number of fused-ring (bicyclic) bond motifs is 2. The van der Waals surface area contributed by atoms with Gasteiger partial charge < -0.3 is 10.3 Å². The predicted molar refractivity (Wildman–Crippen MR) is 124 cm³/mol. The molecule has 6 nitrogen and oxygen atoms in total. The molecular formula is C22H18ClN5OS. The van der Waals surface area contributed by atoms with Crippen molar-refractivity contribution in [1.29, 1.82) is 0 Å². The number of thiophene rings is 1. The molecule has 5 aromatic rings. The monoisotopic (exact) mass is 435 g/mol. The number of hydrogen-bond donors (Lipinski definition) is 2. The van der Waals surface area contributed by atoms with E-state index in [0.29, 0.717) is 21.2 Å². The summed E-state index contributed by atoms with van der Waals surface area (Å²) >= 11 is 7.42. The Kier molecular flexibility index (Phi) is 4.56. The first-order valence-electron chi connectivity index (χ1n) is 9.52. The standard InChI is InChI=1S/C22H18ClN5OS/c1-12(2)25-22-26-16-8-7-15(9-17(16)27-22)28-11-24-18-10-19(30-20(18)21(28)29)13-3-5-14(23)6-4-13/h3-12H,1-2H3,(H2,25,26,27). The Labute approximate surface area is 181 Å². The number of aromatic nitrogens is 4. The van der Waals surface area contributed by atoms with Crippen molar-refractivity contribution >= 4 is 50.1 Å². The van der Waals surface area contributed by atoms with Crippen LogP contribution >= 0.6 is 22.9 Å². The van der Waals surface area contributed by atoms with E-state index in [1.165, 1.54) is 11.3 Å². The molecule has 0 atom stereocenters. The third kappa shape index (κ3) is 3.36. The van der Waals surface area contributed by atoms with E-state index in [4.69, 9.17) is 11.6 Å². The van der Waals surface area contributed by atoms with Gasteiger partial charge in [-0.25, -0.2) is 9.97 Å². The average Bonchev–Trinajstić information content (AvgIpc) is 3.31. The van der Waals surface area contributed by atoms with Crippen molar-refractivity contribution in [2.45, 2.75) is 19.9 Å². The second kappa shape index (κ2) is 7.27. The minimum absolute atomic E-state index is 0.0930. The smallest absolute Gasteiger partial charge is 0.275 e. The number of aromatic amines is 1. The van der Waals surface area contributed by atoms with Crippen molar-refractivity contribution in [3.05, 3.63) is 70.2 Å². The van der Waals surface area contributed by atoms with Crippen LogP contribution in [-0.2, 0) is 0 Å². The lowest BCUT2D eigenvalue weighted by Crippen LogP contribution is -2.17. The van der Waals surface area contributed by atoms with E-state index in [0.717, 1.165) is 27.2 Å². The molecular weight excluding hydrogens is 418 g/mol. The van der Waals surface area contributed by atoms with Crippen LogP contribution in [0.4, 0.5) is 5.95 Å². The van der Waals surface area contributed by atoms with Gasteiger partial charge in [0.25, 0.3) is 5.56 Å². The molecule has 0 spiro atoms. The Morgan fingerprint density at radius 1 is 1.10 bits per heavy atom. The van der Waals surface area contributed by atoms with Gasteiger partial charge in [-0.2, -0.15) is 0 Å². The van der Waals surface area contributed by atoms with Crippen LogP contribution in [0.2, 0.25) is 5.02 Å². The number of imidazole rings is 1. The zero-order valence-corrected chi connectivity index (χ0v) is 17.9. The zero-order valence-electron chi connectivity index (χ0n) is 16.3. The maximum atomic E-state index is 13.2. The third-order valence-corrected chi connectivity index (χ3v) is 6.15. The van der Waals surface area contributed by atoms with Crippen LogP contribution < -0.4 is 10.9 Å². The molecule has 8 heteroatoms. The molecule has 0 radical (unpaired) electrons. The molecule has 0 aliphatic carbocycles. The van der Waals surface area contributed by atoms with Gasteiger partial charge in [0.1, 0.15) is 11.0 Å². The van der Waals surface area contributed by atoms with E-state index in [1.807, 2.05) is 48.5 Å². The summed E-state index contributed by atoms with van der Waals surface area (Å²) in [5.74, 6) is 0.712. The number of rotatable bonds is 4. The Hall–Kier alpha value is -3.16. The van der Waals surface area contributed by atoms with Gasteiger partial charge in [0.05, 0.1) is 22.2 Å². The van der Waals surface area contributed by atoms with Crippen LogP contribution in [0.3, 0.4) is 0 Å². The van der Waals surface area contributed by atoms with Gasteiger partial charge in [-0.15, -0.1) is 11.3 Å². The topological polar surface area (TPSA) is 75.6 Å². The lowest BCUT2D eigenvalue weighted by atomic mass is 10.2. The molecule has 2 aromatic carbocycles. The van der Waals surface area contributed by atoms with Gasteiger partial charge in [-0.05, 0) is 55.8 Å². The van der Waals surface area contributed by atoms with Crippen molar-refractivity contribution in [2.75, 3.05) is 5.32 Å². The summed E-state index contributed by atoms with van der Waals surface area (Å²) in [6.07, 6.45) is 1.58. The molecule has 150 valence electrons. The molecule has 5 rings (SSSR count). The molecule has 0 aliphatic rings. The summed E-state index contributed by atoms with van der Waals surface area (Å²) in [5.41, 5.74) is 4.04. The quantitative estimate of drug-likeness (QED) is 0.392. The number of nitrogens with one attached hydrogen (secondary N) is 2. The van der Waals surface area contributed by atoms with Crippen molar-refractivity contribution in [2.24, 2.45) is 0 Å². The van der Waals surface area contributed by atoms with Gasteiger partial charge in [-0.3, -0.25) is 9.36 Å². The molecule has 2 N–H and O–H groups in total. The summed E-state index contributed by atoms with van der Waals surface area (Å²) in [6.45, 7) is 4.11. The number of anilines is 1. The van der Waals surface area contributed by atoms with E-state index >= 15 is 0 Å². The first-order valence-corrected chi connectivity index (χ1v) is 10.7. The van der Waals surface area contributed by atoms with Crippen LogP contribution in [0.1, 0.15) is 13.8 Å². The Morgan fingerprint density at radius 2 is 1.90 bits per heavy atom. The highest BCUT2D eigenvalue weighted by Gasteiger charge is 2.13. The van der Waals surface area contributed by atoms with Crippen LogP contribution in [0.25, 0.3) is 37.4 Å². The summed E-state index contributed by atoms with van der Waals surface area (Å²) in [6, 6.07) is 15.5. The van der Waals surface area contributed by atoms with Crippen molar-refractivity contribution in [1.82, 2.24) is 19.5 Å². The van der Waals surface area contributed by atoms with Gasteiger partial charge in [0.2, 0.25) is 5.95 Å². The highest BCUT2D eigenvalue weighted by atomic mass is 35.5. The lowest BCUT2D eigenvalue weighted by Gasteiger charge is -2.05. The highest BCUT2D eigenvalue weighted by Crippen LogP contribution is 2.31. The van der Waals surface area contributed by atoms with E-state index < -0.39 is 0 Å². The van der Waals surface area contributed by atoms with Gasteiger partial charge in [0.15, 0.2) is 0 Å². The largest absolute Gasteiger partial charge is 0.354 e. The fraction of sp³-hybridized carbons (Fsp3) is 0.136. The van der Waals surface area contributed by atoms with Gasteiger partial charge in [-0.1, -0.05) is 23.7 Å². The fourth-order valence-electron chi connectivity index (χ4n) is 3.34. The number of halogens is 1. The maximum absolute atomic E-state index is 13.2. The second-order valence-corrected chi connectivity index (χ2v) is 8.83. The summed E-state index contributed by atoms with van der Waals surface area (Å²) in [4.78, 5) is 26.5. The van der Waals surface area contributed by atoms with Gasteiger partial charge in [0, 0.05) is 15.9 Å². The van der Waals surface area contributed by atoms with Crippen LogP contribution in [-0.4, -0.2) is 25.6 Å². The minimum Gasteiger partial charge on any atom is -0.354 e. The molecule has 0 unspecified atom stereocenters. The Morgan fingerprint density at radius 3 is 2.67 bits per heavy atom. The fourth-order valence-corrected chi connectivity index (χ4v) is 4.51. The molecule has 0 bridgehead atoms. The molecule has 3 heterocycles. The molecule has 30 heavy (non-hydrogen) atoms. The minimum atomic E-state index is -0.0930. The Balaban J connectivity index is 1.58. The first kappa shape index (κ1) is 18.8. The van der Waals surface area contributed by atoms with E-state index in [9.17, 15) is 4.79 Å². The zero-order chi connectivity index (χ0) is 20.8. The van der Waals surface area contributed by atoms with Crippen molar-refractivity contribution in [3.63, 3.8) is 0 Å². The van der Waals surface area contributed by atoms with Crippen LogP contribution in [0, 0.1) is 0 Å². The molecule has 0 saturated carbocycles. The highest BCUT2D eigenvalue weighted by molar-refractivity contribution is 7.22. The molecule has 0 aliphatic heterocycles. The van der Waals surface area contributed by atoms with Crippen molar-refractivity contribution < 1.29 is 0 Å². The number of hydrogen-bond acceptors (Lipinski definition) is 5. The first-order chi connectivity index (χ1) is 14.5. The normalized spacial score (nSPS) is 11.6.